The number of hydrogen-bond donors (Lipinski definition) is 0. The minimum Gasteiger partial charge on any atom is -0.334 e. The highest BCUT2D eigenvalue weighted by Crippen LogP contribution is 2.22. The highest BCUT2D eigenvalue weighted by molar-refractivity contribution is 6.31. The summed E-state index contributed by atoms with van der Waals surface area (Å²) in [4.78, 5) is 24.5. The maximum atomic E-state index is 12.6. The van der Waals surface area contributed by atoms with Gasteiger partial charge in [0.25, 0.3) is 5.91 Å². The summed E-state index contributed by atoms with van der Waals surface area (Å²) >= 11 is 6.09. The first-order chi connectivity index (χ1) is 10.9. The number of hydrogen-bond acceptors (Lipinski definition) is 5. The second-order valence-corrected chi connectivity index (χ2v) is 5.27. The number of rotatable bonds is 6. The maximum absolute atomic E-state index is 12.6. The molecule has 10 heteroatoms. The molecule has 0 fully saturated rings. The number of aryl methyl sites for hydroxylation is 2. The summed E-state index contributed by atoms with van der Waals surface area (Å²) in [5.74, 6) is -0.490. The zero-order valence-electron chi connectivity index (χ0n) is 13.1. The first-order valence-electron chi connectivity index (χ1n) is 7.06. The minimum absolute atomic E-state index is 0.0429. The highest BCUT2D eigenvalue weighted by Gasteiger charge is 2.29. The second-order valence-electron chi connectivity index (χ2n) is 4.87. The average molecular weight is 341 g/mol. The molecule has 0 aliphatic rings. The van der Waals surface area contributed by atoms with Crippen LogP contribution < -0.4 is 0 Å². The van der Waals surface area contributed by atoms with Gasteiger partial charge in [0.2, 0.25) is 5.69 Å². The zero-order chi connectivity index (χ0) is 17.1. The zero-order valence-corrected chi connectivity index (χ0v) is 13.8. The van der Waals surface area contributed by atoms with Gasteiger partial charge in [-0.15, -0.1) is 0 Å². The van der Waals surface area contributed by atoms with Crippen LogP contribution in [0, 0.1) is 10.1 Å². The largest absolute Gasteiger partial charge is 0.334 e. The Bertz CT molecular complexity index is 738. The Labute approximate surface area is 137 Å². The molecule has 0 aliphatic carbocycles. The molecule has 2 aromatic rings. The summed E-state index contributed by atoms with van der Waals surface area (Å²) in [6.45, 7) is 4.83. The van der Waals surface area contributed by atoms with Crippen LogP contribution in [0.3, 0.4) is 0 Å². The molecule has 0 bridgehead atoms. The Morgan fingerprint density at radius 2 is 1.91 bits per heavy atom. The SMILES string of the molecule is CCn1ncc(Cl)c1CN(C)C(=O)c1c([N+](=O)[O-])cnn1CC. The standard InChI is InChI=1S/C13H17ClN6O3/c1-4-18-11(9(14)6-15-18)8-17(3)13(21)12-10(20(22)23)7-16-19(12)5-2/h6-7H,4-5,8H2,1-3H3. The van der Waals surface area contributed by atoms with E-state index in [-0.39, 0.29) is 17.9 Å². The van der Waals surface area contributed by atoms with E-state index in [0.29, 0.717) is 23.8 Å². The van der Waals surface area contributed by atoms with E-state index in [0.717, 1.165) is 6.20 Å². The third-order valence-electron chi connectivity index (χ3n) is 3.45. The summed E-state index contributed by atoms with van der Waals surface area (Å²) in [5.41, 5.74) is 0.327. The first-order valence-corrected chi connectivity index (χ1v) is 7.44. The van der Waals surface area contributed by atoms with Crippen molar-refractivity contribution in [3.8, 4) is 0 Å². The summed E-state index contributed by atoms with van der Waals surface area (Å²) in [6, 6.07) is 0. The van der Waals surface area contributed by atoms with Gasteiger partial charge in [-0.05, 0) is 13.8 Å². The van der Waals surface area contributed by atoms with E-state index in [4.69, 9.17) is 11.6 Å². The van der Waals surface area contributed by atoms with Gasteiger partial charge in [0.05, 0.1) is 28.4 Å². The van der Waals surface area contributed by atoms with E-state index in [1.165, 1.54) is 15.8 Å². The second kappa shape index (κ2) is 6.78. The molecule has 0 spiro atoms. The smallest absolute Gasteiger partial charge is 0.320 e. The van der Waals surface area contributed by atoms with Crippen LogP contribution in [0.4, 0.5) is 5.69 Å². The molecule has 2 heterocycles. The van der Waals surface area contributed by atoms with Gasteiger partial charge < -0.3 is 4.90 Å². The lowest BCUT2D eigenvalue weighted by atomic mass is 10.3. The normalized spacial score (nSPS) is 10.8. The van der Waals surface area contributed by atoms with Crippen molar-refractivity contribution in [1.29, 1.82) is 0 Å². The van der Waals surface area contributed by atoms with Crippen molar-refractivity contribution >= 4 is 23.2 Å². The van der Waals surface area contributed by atoms with Gasteiger partial charge in [-0.3, -0.25) is 24.3 Å². The van der Waals surface area contributed by atoms with E-state index in [2.05, 4.69) is 10.2 Å². The molecule has 1 amide bonds. The van der Waals surface area contributed by atoms with Crippen molar-refractivity contribution in [2.45, 2.75) is 33.5 Å². The van der Waals surface area contributed by atoms with Gasteiger partial charge in [-0.2, -0.15) is 10.2 Å². The van der Waals surface area contributed by atoms with Gasteiger partial charge in [0, 0.05) is 20.1 Å². The Morgan fingerprint density at radius 3 is 2.48 bits per heavy atom. The Kier molecular flexibility index (Phi) is 4.99. The summed E-state index contributed by atoms with van der Waals surface area (Å²) in [7, 11) is 1.56. The van der Waals surface area contributed by atoms with Crippen LogP contribution in [0.1, 0.15) is 30.0 Å². The molecule has 0 unspecified atom stereocenters. The molecule has 0 N–H and O–H groups in total. The van der Waals surface area contributed by atoms with Crippen molar-refractivity contribution in [3.05, 3.63) is 38.9 Å². The van der Waals surface area contributed by atoms with Crippen LogP contribution in [-0.2, 0) is 19.6 Å². The molecule has 0 saturated heterocycles. The number of nitrogens with zero attached hydrogens (tertiary/aromatic N) is 6. The van der Waals surface area contributed by atoms with Gasteiger partial charge >= 0.3 is 5.69 Å². The van der Waals surface area contributed by atoms with E-state index in [1.54, 1.807) is 18.7 Å². The predicted octanol–water partition coefficient (Wildman–Crippen LogP) is 1.95. The van der Waals surface area contributed by atoms with Crippen LogP contribution in [0.5, 0.6) is 0 Å². The molecule has 2 aromatic heterocycles. The number of amides is 1. The molecule has 23 heavy (non-hydrogen) atoms. The topological polar surface area (TPSA) is 99.1 Å². The molecule has 0 aliphatic heterocycles. The Balaban J connectivity index is 2.32. The average Bonchev–Trinajstić information content (AvgIpc) is 3.10. The van der Waals surface area contributed by atoms with Crippen LogP contribution in [0.15, 0.2) is 12.4 Å². The quantitative estimate of drug-likeness (QED) is 0.591. The molecule has 0 aromatic carbocycles. The van der Waals surface area contributed by atoms with Gasteiger partial charge in [-0.25, -0.2) is 0 Å². The van der Waals surface area contributed by atoms with Crippen LogP contribution >= 0.6 is 11.6 Å². The predicted molar refractivity (Wildman–Crippen MR) is 83.3 cm³/mol. The van der Waals surface area contributed by atoms with Crippen molar-refractivity contribution in [2.75, 3.05) is 7.05 Å². The molecule has 0 atom stereocenters. The third kappa shape index (κ3) is 3.19. The van der Waals surface area contributed by atoms with Crippen molar-refractivity contribution in [3.63, 3.8) is 0 Å². The fourth-order valence-corrected chi connectivity index (χ4v) is 2.46. The van der Waals surface area contributed by atoms with Gasteiger partial charge in [0.15, 0.2) is 0 Å². The van der Waals surface area contributed by atoms with Crippen LogP contribution in [-0.4, -0.2) is 42.3 Å². The summed E-state index contributed by atoms with van der Waals surface area (Å²) < 4.78 is 2.99. The monoisotopic (exact) mass is 340 g/mol. The lowest BCUT2D eigenvalue weighted by Crippen LogP contribution is -2.30. The van der Waals surface area contributed by atoms with Crippen molar-refractivity contribution in [1.82, 2.24) is 24.5 Å². The Morgan fingerprint density at radius 1 is 1.30 bits per heavy atom. The molecular weight excluding hydrogens is 324 g/mol. The number of carbonyl (C=O) groups is 1. The van der Waals surface area contributed by atoms with E-state index in [1.807, 2.05) is 6.92 Å². The number of nitro groups is 1. The first kappa shape index (κ1) is 16.9. The lowest BCUT2D eigenvalue weighted by molar-refractivity contribution is -0.385. The molecule has 2 rings (SSSR count). The Hall–Kier alpha value is -2.42. The van der Waals surface area contributed by atoms with E-state index < -0.39 is 10.8 Å². The minimum atomic E-state index is -0.608. The number of carbonyl (C=O) groups excluding carboxylic acids is 1. The summed E-state index contributed by atoms with van der Waals surface area (Å²) in [6.07, 6.45) is 2.60. The number of aromatic nitrogens is 4. The molecular formula is C13H17ClN6O3. The molecule has 0 saturated carbocycles. The van der Waals surface area contributed by atoms with E-state index in [9.17, 15) is 14.9 Å². The maximum Gasteiger partial charge on any atom is 0.320 e. The molecule has 9 nitrogen and oxygen atoms in total. The van der Waals surface area contributed by atoms with Crippen LogP contribution in [0.25, 0.3) is 0 Å². The van der Waals surface area contributed by atoms with Gasteiger partial charge in [0.1, 0.15) is 6.20 Å². The van der Waals surface area contributed by atoms with Crippen LogP contribution in [0.2, 0.25) is 5.02 Å². The molecule has 0 radical (unpaired) electrons. The third-order valence-corrected chi connectivity index (χ3v) is 3.77. The van der Waals surface area contributed by atoms with E-state index >= 15 is 0 Å². The number of halogens is 1. The van der Waals surface area contributed by atoms with Gasteiger partial charge in [-0.1, -0.05) is 11.6 Å². The molecule has 124 valence electrons. The summed E-state index contributed by atoms with van der Waals surface area (Å²) in [5, 5.41) is 19.5. The fraction of sp³-hybridized carbons (Fsp3) is 0.462. The van der Waals surface area contributed by atoms with Crippen molar-refractivity contribution < 1.29 is 9.72 Å². The highest BCUT2D eigenvalue weighted by atomic mass is 35.5. The lowest BCUT2D eigenvalue weighted by Gasteiger charge is -2.18. The van der Waals surface area contributed by atoms with Crippen molar-refractivity contribution in [2.24, 2.45) is 0 Å². The fourth-order valence-electron chi connectivity index (χ4n) is 2.26.